The molecule has 1 aliphatic rings. The highest BCUT2D eigenvalue weighted by Gasteiger charge is 2.25. The molecular weight excluding hydrogens is 411 g/mol. The first-order chi connectivity index (χ1) is 14.3. The van der Waals surface area contributed by atoms with Crippen molar-refractivity contribution in [2.45, 2.75) is 13.0 Å². The molecule has 1 amide bonds. The zero-order valence-corrected chi connectivity index (χ0v) is 17.4. The molecule has 0 spiro atoms. The number of rotatable bonds is 7. The summed E-state index contributed by atoms with van der Waals surface area (Å²) in [6.45, 7) is 3.99. The molecule has 1 saturated heterocycles. The van der Waals surface area contributed by atoms with E-state index in [2.05, 4.69) is 0 Å². The molecule has 0 aromatic heterocycles. The molecule has 0 aliphatic carbocycles. The fraction of sp³-hybridized carbons (Fsp3) is 0.364. The molecule has 3 rings (SSSR count). The van der Waals surface area contributed by atoms with E-state index in [1.165, 1.54) is 19.1 Å². The van der Waals surface area contributed by atoms with Crippen LogP contribution in [0, 0.1) is 5.82 Å². The first kappa shape index (κ1) is 22.2. The number of hydrogen-bond acceptors (Lipinski definition) is 5. The van der Waals surface area contributed by atoms with Gasteiger partial charge in [0.15, 0.2) is 5.78 Å². The minimum absolute atomic E-state index is 0.00840. The third kappa shape index (κ3) is 5.78. The summed E-state index contributed by atoms with van der Waals surface area (Å²) in [6, 6.07) is 10.9. The third-order valence-corrected chi connectivity index (χ3v) is 5.21. The normalized spacial score (nSPS) is 15.7. The average Bonchev–Trinajstić information content (AvgIpc) is 2.72. The Morgan fingerprint density at radius 1 is 1.17 bits per heavy atom. The lowest BCUT2D eigenvalue weighted by atomic mass is 10.1. The molecule has 1 N–H and O–H groups in total. The van der Waals surface area contributed by atoms with Crippen LogP contribution in [0.3, 0.4) is 0 Å². The van der Waals surface area contributed by atoms with Crippen molar-refractivity contribution in [1.82, 2.24) is 9.80 Å². The second-order valence-corrected chi connectivity index (χ2v) is 7.70. The molecule has 30 heavy (non-hydrogen) atoms. The van der Waals surface area contributed by atoms with Crippen molar-refractivity contribution in [3.8, 4) is 5.75 Å². The number of β-amino-alcohol motifs (C(OH)–C–C–N with tert-alkyl or cyclic N) is 1. The van der Waals surface area contributed by atoms with Gasteiger partial charge in [-0.2, -0.15) is 0 Å². The Morgan fingerprint density at radius 2 is 1.90 bits per heavy atom. The fourth-order valence-electron chi connectivity index (χ4n) is 3.31. The first-order valence-electron chi connectivity index (χ1n) is 9.72. The Morgan fingerprint density at radius 3 is 2.57 bits per heavy atom. The Bertz CT molecular complexity index is 916. The SMILES string of the molecule is CC(=O)c1cccc(OCC(O)CN2CCN(C(=O)c3ccc(Cl)cc3F)CC2)c1. The highest BCUT2D eigenvalue weighted by Crippen LogP contribution is 2.18. The number of carbonyl (C=O) groups is 2. The van der Waals surface area contributed by atoms with Gasteiger partial charge in [-0.3, -0.25) is 14.5 Å². The van der Waals surface area contributed by atoms with Crippen LogP contribution in [-0.4, -0.2) is 72.0 Å². The van der Waals surface area contributed by atoms with E-state index >= 15 is 0 Å². The molecule has 0 bridgehead atoms. The summed E-state index contributed by atoms with van der Waals surface area (Å²) in [7, 11) is 0. The predicted molar refractivity (Wildman–Crippen MR) is 112 cm³/mol. The van der Waals surface area contributed by atoms with E-state index in [9.17, 15) is 19.1 Å². The van der Waals surface area contributed by atoms with Gasteiger partial charge in [-0.15, -0.1) is 0 Å². The van der Waals surface area contributed by atoms with Crippen LogP contribution in [0.5, 0.6) is 5.75 Å². The number of ketones is 1. The van der Waals surface area contributed by atoms with E-state index in [1.54, 1.807) is 29.2 Å². The molecule has 160 valence electrons. The quantitative estimate of drug-likeness (QED) is 0.678. The number of benzene rings is 2. The highest BCUT2D eigenvalue weighted by atomic mass is 35.5. The van der Waals surface area contributed by atoms with Gasteiger partial charge in [0.25, 0.3) is 5.91 Å². The van der Waals surface area contributed by atoms with E-state index in [0.29, 0.717) is 44.0 Å². The van der Waals surface area contributed by atoms with Gasteiger partial charge in [0.05, 0.1) is 5.56 Å². The van der Waals surface area contributed by atoms with E-state index in [1.807, 2.05) is 4.90 Å². The zero-order valence-electron chi connectivity index (χ0n) is 16.7. The van der Waals surface area contributed by atoms with E-state index in [0.717, 1.165) is 6.07 Å². The second-order valence-electron chi connectivity index (χ2n) is 7.27. The van der Waals surface area contributed by atoms with Crippen LogP contribution in [0.15, 0.2) is 42.5 Å². The monoisotopic (exact) mass is 434 g/mol. The Labute approximate surface area is 179 Å². The maximum Gasteiger partial charge on any atom is 0.256 e. The minimum atomic E-state index is -0.720. The lowest BCUT2D eigenvalue weighted by Crippen LogP contribution is -2.51. The molecule has 8 heteroatoms. The molecule has 0 radical (unpaired) electrons. The van der Waals surface area contributed by atoms with Gasteiger partial charge in [0.1, 0.15) is 24.3 Å². The van der Waals surface area contributed by atoms with Gasteiger partial charge < -0.3 is 14.7 Å². The molecule has 1 aliphatic heterocycles. The number of nitrogens with zero attached hydrogens (tertiary/aromatic N) is 2. The number of Topliss-reactive ketones (excluding diaryl/α,β-unsaturated/α-hetero) is 1. The molecule has 1 heterocycles. The van der Waals surface area contributed by atoms with Gasteiger partial charge in [-0.05, 0) is 37.3 Å². The second kappa shape index (κ2) is 10.0. The zero-order chi connectivity index (χ0) is 21.7. The number of halogens is 2. The Kier molecular flexibility index (Phi) is 7.42. The van der Waals surface area contributed by atoms with E-state index in [4.69, 9.17) is 16.3 Å². The van der Waals surface area contributed by atoms with Gasteiger partial charge in [0, 0.05) is 43.3 Å². The first-order valence-corrected chi connectivity index (χ1v) is 10.1. The number of ether oxygens (including phenoxy) is 1. The lowest BCUT2D eigenvalue weighted by Gasteiger charge is -2.35. The number of hydrogen-bond donors (Lipinski definition) is 1. The summed E-state index contributed by atoms with van der Waals surface area (Å²) in [5, 5.41) is 10.5. The summed E-state index contributed by atoms with van der Waals surface area (Å²) in [4.78, 5) is 27.6. The van der Waals surface area contributed by atoms with Gasteiger partial charge >= 0.3 is 0 Å². The molecule has 2 aromatic carbocycles. The number of amides is 1. The molecule has 2 aromatic rings. The molecule has 6 nitrogen and oxygen atoms in total. The number of carbonyl (C=O) groups excluding carboxylic acids is 2. The molecule has 1 fully saturated rings. The number of aliphatic hydroxyl groups is 1. The third-order valence-electron chi connectivity index (χ3n) is 4.97. The van der Waals surface area contributed by atoms with E-state index in [-0.39, 0.29) is 28.9 Å². The van der Waals surface area contributed by atoms with Crippen molar-refractivity contribution in [2.75, 3.05) is 39.3 Å². The maximum atomic E-state index is 14.0. The summed E-state index contributed by atoms with van der Waals surface area (Å²) in [5.74, 6) is -0.511. The van der Waals surface area contributed by atoms with Crippen molar-refractivity contribution in [1.29, 1.82) is 0 Å². The van der Waals surface area contributed by atoms with Crippen molar-refractivity contribution in [3.05, 3.63) is 64.4 Å². The average molecular weight is 435 g/mol. The Balaban J connectivity index is 1.45. The van der Waals surface area contributed by atoms with Crippen molar-refractivity contribution in [3.63, 3.8) is 0 Å². The van der Waals surface area contributed by atoms with Crippen LogP contribution in [-0.2, 0) is 0 Å². The van der Waals surface area contributed by atoms with Crippen LogP contribution in [0.4, 0.5) is 4.39 Å². The van der Waals surface area contributed by atoms with Crippen LogP contribution < -0.4 is 4.74 Å². The topological polar surface area (TPSA) is 70.1 Å². The summed E-state index contributed by atoms with van der Waals surface area (Å²) in [6.07, 6.45) is -0.720. The van der Waals surface area contributed by atoms with Gasteiger partial charge in [-0.1, -0.05) is 23.7 Å². The van der Waals surface area contributed by atoms with Crippen molar-refractivity contribution < 1.29 is 23.8 Å². The Hall–Kier alpha value is -2.48. The largest absolute Gasteiger partial charge is 0.491 e. The van der Waals surface area contributed by atoms with E-state index < -0.39 is 11.9 Å². The molecule has 1 atom stereocenters. The van der Waals surface area contributed by atoms with Crippen molar-refractivity contribution in [2.24, 2.45) is 0 Å². The summed E-state index contributed by atoms with van der Waals surface area (Å²) < 4.78 is 19.6. The molecular formula is C22H24ClFN2O4. The van der Waals surface area contributed by atoms with Crippen LogP contribution >= 0.6 is 11.6 Å². The van der Waals surface area contributed by atoms with Gasteiger partial charge in [-0.25, -0.2) is 4.39 Å². The molecule has 1 unspecified atom stereocenters. The number of aliphatic hydroxyl groups excluding tert-OH is 1. The smallest absolute Gasteiger partial charge is 0.256 e. The van der Waals surface area contributed by atoms with Gasteiger partial charge in [0.2, 0.25) is 0 Å². The van der Waals surface area contributed by atoms with Crippen molar-refractivity contribution >= 4 is 23.3 Å². The maximum absolute atomic E-state index is 14.0. The minimum Gasteiger partial charge on any atom is -0.491 e. The van der Waals surface area contributed by atoms with Crippen LogP contribution in [0.1, 0.15) is 27.6 Å². The van der Waals surface area contributed by atoms with Crippen LogP contribution in [0.25, 0.3) is 0 Å². The highest BCUT2D eigenvalue weighted by molar-refractivity contribution is 6.30. The standard InChI is InChI=1S/C22H24ClFN2O4/c1-15(27)16-3-2-4-19(11-16)30-14-18(28)13-25-7-9-26(10-8-25)22(29)20-6-5-17(23)12-21(20)24/h2-6,11-12,18,28H,7-10,13-14H2,1H3. The predicted octanol–water partition coefficient (Wildman–Crippen LogP) is 2.88. The molecule has 0 saturated carbocycles. The van der Waals surface area contributed by atoms with Crippen LogP contribution in [0.2, 0.25) is 5.02 Å². The summed E-state index contributed by atoms with van der Waals surface area (Å²) in [5.41, 5.74) is 0.564. The lowest BCUT2D eigenvalue weighted by molar-refractivity contribution is 0.0401. The fourth-order valence-corrected chi connectivity index (χ4v) is 3.47. The summed E-state index contributed by atoms with van der Waals surface area (Å²) >= 11 is 5.74. The number of piperazine rings is 1.